The Hall–Kier alpha value is -2.08. The molecule has 0 atom stereocenters. The number of carbonyl (C=O) groups excluding carboxylic acids is 1. The van der Waals surface area contributed by atoms with Crippen LogP contribution in [0.4, 0.5) is 5.69 Å². The molecule has 2 N–H and O–H groups in total. The van der Waals surface area contributed by atoms with Crippen molar-refractivity contribution in [3.8, 4) is 0 Å². The molecule has 2 aliphatic heterocycles. The van der Waals surface area contributed by atoms with Gasteiger partial charge in [-0.3, -0.25) is 4.79 Å². The van der Waals surface area contributed by atoms with E-state index in [1.54, 1.807) is 4.90 Å². The highest BCUT2D eigenvalue weighted by Gasteiger charge is 2.43. The molecule has 0 spiro atoms. The number of nitrogens with zero attached hydrogens (tertiary/aromatic N) is 1. The number of likely N-dealkylation sites (tertiary alicyclic amines) is 1. The minimum Gasteiger partial charge on any atom is -0.480 e. The van der Waals surface area contributed by atoms with Gasteiger partial charge in [0, 0.05) is 17.8 Å². The Kier molecular flexibility index (Phi) is 3.33. The van der Waals surface area contributed by atoms with E-state index in [0.717, 1.165) is 18.7 Å². The summed E-state index contributed by atoms with van der Waals surface area (Å²) in [4.78, 5) is 24.6. The number of hydrogen-bond acceptors (Lipinski definition) is 4. The first-order chi connectivity index (χ1) is 9.97. The summed E-state index contributed by atoms with van der Waals surface area (Å²) in [6, 6.07) is 5.70. The summed E-state index contributed by atoms with van der Waals surface area (Å²) in [6.07, 6.45) is 0.940. The highest BCUT2D eigenvalue weighted by Crippen LogP contribution is 2.28. The van der Waals surface area contributed by atoms with Crippen molar-refractivity contribution in [2.45, 2.75) is 18.9 Å². The van der Waals surface area contributed by atoms with Gasteiger partial charge in [0.05, 0.1) is 13.1 Å². The maximum Gasteiger partial charge on any atom is 0.329 e. The van der Waals surface area contributed by atoms with Crippen molar-refractivity contribution < 1.29 is 19.4 Å². The quantitative estimate of drug-likeness (QED) is 0.864. The van der Waals surface area contributed by atoms with Crippen molar-refractivity contribution in [2.75, 3.05) is 31.6 Å². The van der Waals surface area contributed by atoms with Crippen molar-refractivity contribution >= 4 is 17.6 Å². The Morgan fingerprint density at radius 1 is 1.43 bits per heavy atom. The molecule has 2 aliphatic rings. The Morgan fingerprint density at radius 3 is 2.90 bits per heavy atom. The molecule has 1 fully saturated rings. The molecule has 0 aliphatic carbocycles. The normalized spacial score (nSPS) is 18.6. The summed E-state index contributed by atoms with van der Waals surface area (Å²) in [5.74, 6) is -1.02. The number of hydrogen-bond donors (Lipinski definition) is 2. The molecule has 3 rings (SSSR count). The highest BCUT2D eigenvalue weighted by molar-refractivity contribution is 5.95. The van der Waals surface area contributed by atoms with E-state index < -0.39 is 11.6 Å². The maximum absolute atomic E-state index is 12.4. The Labute approximate surface area is 122 Å². The zero-order valence-corrected chi connectivity index (χ0v) is 11.9. The van der Waals surface area contributed by atoms with E-state index in [4.69, 9.17) is 9.84 Å². The number of amides is 1. The van der Waals surface area contributed by atoms with Crippen LogP contribution in [0.3, 0.4) is 0 Å². The first kappa shape index (κ1) is 13.9. The maximum atomic E-state index is 12.4. The topological polar surface area (TPSA) is 78.9 Å². The lowest BCUT2D eigenvalue weighted by Crippen LogP contribution is -2.63. The average molecular weight is 290 g/mol. The molecular formula is C15H18N2O4. The number of rotatable bonds is 4. The summed E-state index contributed by atoms with van der Waals surface area (Å²) in [7, 11) is 0. The zero-order chi connectivity index (χ0) is 15.0. The van der Waals surface area contributed by atoms with Gasteiger partial charge in [0.15, 0.2) is 0 Å². The highest BCUT2D eigenvalue weighted by atomic mass is 16.5. The van der Waals surface area contributed by atoms with Crippen LogP contribution >= 0.6 is 0 Å². The number of aliphatic carboxylic acids is 1. The van der Waals surface area contributed by atoms with Gasteiger partial charge in [0.25, 0.3) is 5.91 Å². The van der Waals surface area contributed by atoms with Gasteiger partial charge >= 0.3 is 5.97 Å². The van der Waals surface area contributed by atoms with Gasteiger partial charge in [-0.1, -0.05) is 0 Å². The molecule has 1 aromatic rings. The molecule has 0 aromatic heterocycles. The van der Waals surface area contributed by atoms with E-state index in [-0.39, 0.29) is 12.5 Å². The Balaban J connectivity index is 1.62. The van der Waals surface area contributed by atoms with Gasteiger partial charge in [0.1, 0.15) is 12.2 Å². The van der Waals surface area contributed by atoms with E-state index in [1.807, 2.05) is 25.1 Å². The average Bonchev–Trinajstić information content (AvgIpc) is 2.88. The number of carboxylic acid groups (broad SMARTS) is 1. The molecule has 0 saturated carbocycles. The number of benzene rings is 1. The van der Waals surface area contributed by atoms with Gasteiger partial charge in [-0.2, -0.15) is 0 Å². The van der Waals surface area contributed by atoms with E-state index >= 15 is 0 Å². The van der Waals surface area contributed by atoms with Crippen LogP contribution in [0.5, 0.6) is 0 Å². The second kappa shape index (κ2) is 5.04. The molecule has 6 nitrogen and oxygen atoms in total. The third-order valence-electron chi connectivity index (χ3n) is 3.94. The SMILES string of the molecule is CC1(OCC(=O)O)CN(C(=O)c2ccc3c(c2)CCN3)C1. The number of carboxylic acids is 1. The van der Waals surface area contributed by atoms with Crippen LogP contribution in [0.2, 0.25) is 0 Å². The first-order valence-corrected chi connectivity index (χ1v) is 6.99. The number of ether oxygens (including phenoxy) is 1. The van der Waals surface area contributed by atoms with Crippen LogP contribution in [0.25, 0.3) is 0 Å². The van der Waals surface area contributed by atoms with Crippen LogP contribution < -0.4 is 5.32 Å². The standard InChI is InChI=1S/C15H18N2O4/c1-15(21-7-13(18)19)8-17(9-15)14(20)11-2-3-12-10(6-11)4-5-16-12/h2-3,6,16H,4-5,7-9H2,1H3,(H,18,19). The molecule has 6 heteroatoms. The van der Waals surface area contributed by atoms with Gasteiger partial charge < -0.3 is 20.1 Å². The van der Waals surface area contributed by atoms with Crippen LogP contribution in [-0.2, 0) is 16.0 Å². The van der Waals surface area contributed by atoms with Crippen LogP contribution in [0, 0.1) is 0 Å². The van der Waals surface area contributed by atoms with E-state index in [2.05, 4.69) is 5.32 Å². The van der Waals surface area contributed by atoms with Gasteiger partial charge in [-0.05, 0) is 37.1 Å². The molecule has 112 valence electrons. The van der Waals surface area contributed by atoms with Gasteiger partial charge in [-0.25, -0.2) is 4.79 Å². The fraction of sp³-hybridized carbons (Fsp3) is 0.467. The Bertz CT molecular complexity index is 593. The molecule has 0 radical (unpaired) electrons. The van der Waals surface area contributed by atoms with E-state index in [1.165, 1.54) is 5.56 Å². The molecule has 0 bridgehead atoms. The summed E-state index contributed by atoms with van der Waals surface area (Å²) in [5, 5.41) is 11.9. The second-order valence-electron chi connectivity index (χ2n) is 5.84. The van der Waals surface area contributed by atoms with E-state index in [0.29, 0.717) is 18.7 Å². The predicted molar refractivity (Wildman–Crippen MR) is 76.5 cm³/mol. The Morgan fingerprint density at radius 2 is 2.19 bits per heavy atom. The lowest BCUT2D eigenvalue weighted by Gasteiger charge is -2.47. The van der Waals surface area contributed by atoms with Crippen LogP contribution in [0.1, 0.15) is 22.8 Å². The van der Waals surface area contributed by atoms with Crippen LogP contribution in [0.15, 0.2) is 18.2 Å². The molecule has 0 unspecified atom stereocenters. The smallest absolute Gasteiger partial charge is 0.329 e. The largest absolute Gasteiger partial charge is 0.480 e. The summed E-state index contributed by atoms with van der Waals surface area (Å²) in [6.45, 7) is 3.26. The van der Waals surface area contributed by atoms with Crippen molar-refractivity contribution in [3.05, 3.63) is 29.3 Å². The van der Waals surface area contributed by atoms with Crippen molar-refractivity contribution in [3.63, 3.8) is 0 Å². The van der Waals surface area contributed by atoms with Gasteiger partial charge in [-0.15, -0.1) is 0 Å². The monoisotopic (exact) mass is 290 g/mol. The summed E-state index contributed by atoms with van der Waals surface area (Å²) < 4.78 is 5.31. The number of fused-ring (bicyclic) bond motifs is 1. The van der Waals surface area contributed by atoms with E-state index in [9.17, 15) is 9.59 Å². The lowest BCUT2D eigenvalue weighted by molar-refractivity contribution is -0.159. The van der Waals surface area contributed by atoms with Crippen molar-refractivity contribution in [1.29, 1.82) is 0 Å². The predicted octanol–water partition coefficient (Wildman–Crippen LogP) is 0.970. The number of carbonyl (C=O) groups is 2. The van der Waals surface area contributed by atoms with Crippen molar-refractivity contribution in [2.24, 2.45) is 0 Å². The van der Waals surface area contributed by atoms with Gasteiger partial charge in [0.2, 0.25) is 0 Å². The minimum atomic E-state index is -0.993. The van der Waals surface area contributed by atoms with Crippen molar-refractivity contribution in [1.82, 2.24) is 4.90 Å². The zero-order valence-electron chi connectivity index (χ0n) is 11.9. The number of anilines is 1. The third-order valence-corrected chi connectivity index (χ3v) is 3.94. The molecule has 2 heterocycles. The fourth-order valence-corrected chi connectivity index (χ4v) is 2.85. The summed E-state index contributed by atoms with van der Waals surface area (Å²) in [5.41, 5.74) is 2.40. The molecule has 1 amide bonds. The first-order valence-electron chi connectivity index (χ1n) is 6.99. The fourth-order valence-electron chi connectivity index (χ4n) is 2.85. The molecular weight excluding hydrogens is 272 g/mol. The molecule has 1 saturated heterocycles. The lowest BCUT2D eigenvalue weighted by atomic mass is 9.95. The summed E-state index contributed by atoms with van der Waals surface area (Å²) >= 11 is 0. The third kappa shape index (κ3) is 2.71. The minimum absolute atomic E-state index is 0.0268. The second-order valence-corrected chi connectivity index (χ2v) is 5.84. The number of nitrogens with one attached hydrogen (secondary N) is 1. The van der Waals surface area contributed by atoms with Crippen LogP contribution in [-0.4, -0.2) is 53.7 Å². The molecule has 21 heavy (non-hydrogen) atoms. The molecule has 1 aromatic carbocycles.